The topological polar surface area (TPSA) is 384 Å². The number of unbranched alkanes of at least 4 members (excludes halogenated alkanes) is 1. The number of carbonyl (C=O) groups excluding carboxylic acids is 6. The summed E-state index contributed by atoms with van der Waals surface area (Å²) in [6, 6.07) is -9.74. The molecule has 7 atom stereocenters. The van der Waals surface area contributed by atoms with Gasteiger partial charge < -0.3 is 58.6 Å². The van der Waals surface area contributed by atoms with E-state index in [2.05, 4.69) is 41.9 Å². The Kier molecular flexibility index (Phi) is 24.3. The van der Waals surface area contributed by atoms with Crippen LogP contribution in [0.5, 0.6) is 0 Å². The van der Waals surface area contributed by atoms with Crippen LogP contribution in [0.1, 0.15) is 92.2 Å². The van der Waals surface area contributed by atoms with Gasteiger partial charge in [0.2, 0.25) is 35.4 Å². The van der Waals surface area contributed by atoms with Gasteiger partial charge in [0.15, 0.2) is 0 Å². The van der Waals surface area contributed by atoms with E-state index in [1.807, 2.05) is 13.8 Å². The van der Waals surface area contributed by atoms with Gasteiger partial charge >= 0.3 is 21.1 Å². The van der Waals surface area contributed by atoms with Gasteiger partial charge in [-0.3, -0.25) is 38.1 Å². The normalized spacial score (nSPS) is 15.0. The number of nitrogens with zero attached hydrogens (tertiary/aromatic N) is 1. The molecule has 0 aliphatic carbocycles. The second-order valence-corrected chi connectivity index (χ2v) is 19.3. The Bertz CT molecular complexity index is 1760. The molecular formula is C37H64N10O13S2. The van der Waals surface area contributed by atoms with Crippen molar-refractivity contribution in [3.63, 3.8) is 0 Å². The number of nitrogens with two attached hydrogens (primary N) is 2. The highest BCUT2D eigenvalue weighted by atomic mass is 33.1. The average Bonchev–Trinajstić information content (AvgIpc) is 3.67. The zero-order chi connectivity index (χ0) is 47.3. The first kappa shape index (κ1) is 55.2. The quantitative estimate of drug-likeness (QED) is 0.0239. The van der Waals surface area contributed by atoms with Crippen LogP contribution in [0.15, 0.2) is 12.5 Å². The van der Waals surface area contributed by atoms with Crippen LogP contribution in [0.4, 0.5) is 0 Å². The average molecular weight is 921 g/mol. The lowest BCUT2D eigenvalue weighted by Crippen LogP contribution is -2.61. The number of carboxylic acids is 2. The van der Waals surface area contributed by atoms with Crippen LogP contribution in [0.25, 0.3) is 0 Å². The van der Waals surface area contributed by atoms with Crippen molar-refractivity contribution in [1.29, 1.82) is 0 Å². The molecule has 0 radical (unpaired) electrons. The molecule has 6 amide bonds. The van der Waals surface area contributed by atoms with E-state index >= 15 is 0 Å². The largest absolute Gasteiger partial charge is 0.481 e. The second-order valence-electron chi connectivity index (χ2n) is 16.0. The molecule has 0 unspecified atom stereocenters. The van der Waals surface area contributed by atoms with E-state index in [0.29, 0.717) is 18.5 Å². The summed E-state index contributed by atoms with van der Waals surface area (Å²) in [6.45, 7) is 10.6. The molecular weight excluding hydrogens is 857 g/mol. The van der Waals surface area contributed by atoms with E-state index in [9.17, 15) is 61.5 Å². The Morgan fingerprint density at radius 3 is 1.76 bits per heavy atom. The SMILES string of the molecule is CC(C)C[C@H](NC(=O)[C@@H](NC(=O)[C@H](CSS(=O)(=O)O)NC(=O)[C@@H](N)CC(C)C)C(C)C)C(=O)N[C@@H](Cc1cnc[nH]1)C(=O)N[C@@H](CCC(=O)O)C(=O)N[C@@H](CCCCN)C(=O)O. The number of carbonyl (C=O) groups is 8. The predicted octanol–water partition coefficient (Wildman–Crippen LogP) is -1.45. The van der Waals surface area contributed by atoms with Crippen LogP contribution in [-0.2, 0) is 53.9 Å². The molecule has 352 valence electrons. The molecule has 0 aliphatic rings. The van der Waals surface area contributed by atoms with Crippen molar-refractivity contribution in [2.75, 3.05) is 12.3 Å². The first-order chi connectivity index (χ1) is 28.8. The molecule has 1 heterocycles. The number of hydrogen-bond donors (Lipinski definition) is 12. The number of carboxylic acid groups (broad SMARTS) is 2. The summed E-state index contributed by atoms with van der Waals surface area (Å²) in [5, 5.41) is 33.8. The van der Waals surface area contributed by atoms with E-state index < -0.39 is 123 Å². The third kappa shape index (κ3) is 21.8. The van der Waals surface area contributed by atoms with Gasteiger partial charge in [-0.1, -0.05) is 41.5 Å². The fraction of sp³-hybridized carbons (Fsp3) is 0.703. The van der Waals surface area contributed by atoms with E-state index in [0.717, 1.165) is 0 Å². The molecule has 62 heavy (non-hydrogen) atoms. The zero-order valence-corrected chi connectivity index (χ0v) is 37.5. The number of imidazole rings is 1. The fourth-order valence-corrected chi connectivity index (χ4v) is 7.38. The molecule has 0 saturated carbocycles. The van der Waals surface area contributed by atoms with Crippen molar-refractivity contribution >= 4 is 67.3 Å². The molecule has 25 heteroatoms. The Morgan fingerprint density at radius 1 is 0.710 bits per heavy atom. The highest BCUT2D eigenvalue weighted by molar-refractivity contribution is 8.69. The molecule has 1 aromatic heterocycles. The van der Waals surface area contributed by atoms with Crippen LogP contribution in [-0.4, -0.2) is 135 Å². The Balaban J connectivity index is 3.42. The minimum atomic E-state index is -4.66. The van der Waals surface area contributed by atoms with Gasteiger partial charge in [0.25, 0.3) is 0 Å². The minimum absolute atomic E-state index is 0.00196. The summed E-state index contributed by atoms with van der Waals surface area (Å²) in [5.41, 5.74) is 11.8. The molecule has 0 fully saturated rings. The van der Waals surface area contributed by atoms with Crippen molar-refractivity contribution in [1.82, 2.24) is 41.9 Å². The standard InChI is InChI=1S/C37H64N10O13S2/c1-19(2)13-23(39)31(50)46-28(17-61-62(58,59)60)35(54)47-30(21(5)6)36(55)45-26(14-20(3)4)33(52)44-27(15-22-16-40-18-41-22)34(53)42-24(10-11-29(48)49)32(51)43-25(37(56)57)9-7-8-12-38/h16,18-21,23-28,30H,7-15,17,38-39H2,1-6H3,(H,40,41)(H,42,53)(H,43,51)(H,44,52)(H,45,55)(H,46,50)(H,47,54)(H,48,49)(H,56,57)(H,58,59,60)/t23-,24-,25-,26-,27-,28-,30-/m0/s1. The Morgan fingerprint density at radius 2 is 1.24 bits per heavy atom. The second kappa shape index (κ2) is 27.3. The Labute approximate surface area is 364 Å². The smallest absolute Gasteiger partial charge is 0.326 e. The van der Waals surface area contributed by atoms with Gasteiger partial charge in [0.05, 0.1) is 12.4 Å². The molecule has 14 N–H and O–H groups in total. The maximum absolute atomic E-state index is 14.0. The summed E-state index contributed by atoms with van der Waals surface area (Å²) in [6.07, 6.45) is 2.51. The molecule has 1 rings (SSSR count). The number of amides is 6. The van der Waals surface area contributed by atoms with E-state index in [-0.39, 0.29) is 54.9 Å². The molecule has 0 bridgehead atoms. The molecule has 0 saturated heterocycles. The van der Waals surface area contributed by atoms with Crippen LogP contribution < -0.4 is 43.4 Å². The monoisotopic (exact) mass is 920 g/mol. The van der Waals surface area contributed by atoms with E-state index in [1.165, 1.54) is 12.5 Å². The number of H-pyrrole nitrogens is 1. The third-order valence-electron chi connectivity index (χ3n) is 9.12. The summed E-state index contributed by atoms with van der Waals surface area (Å²) in [4.78, 5) is 112. The predicted molar refractivity (Wildman–Crippen MR) is 227 cm³/mol. The van der Waals surface area contributed by atoms with Gasteiger partial charge in [-0.2, -0.15) is 8.42 Å². The number of aromatic amines is 1. The highest BCUT2D eigenvalue weighted by Crippen LogP contribution is 2.14. The molecule has 0 aliphatic heterocycles. The van der Waals surface area contributed by atoms with Crippen molar-refractivity contribution in [2.45, 2.75) is 135 Å². The van der Waals surface area contributed by atoms with Crippen molar-refractivity contribution in [2.24, 2.45) is 29.2 Å². The highest BCUT2D eigenvalue weighted by Gasteiger charge is 2.35. The molecule has 0 spiro atoms. The summed E-state index contributed by atoms with van der Waals surface area (Å²) >= 11 is 0. The lowest BCUT2D eigenvalue weighted by Gasteiger charge is -2.29. The lowest BCUT2D eigenvalue weighted by molar-refractivity contribution is -0.143. The van der Waals surface area contributed by atoms with Gasteiger partial charge in [-0.15, -0.1) is 0 Å². The fourth-order valence-electron chi connectivity index (χ4n) is 5.91. The van der Waals surface area contributed by atoms with Crippen molar-refractivity contribution in [3.05, 3.63) is 18.2 Å². The number of hydrogen-bond acceptors (Lipinski definition) is 14. The minimum Gasteiger partial charge on any atom is -0.481 e. The first-order valence-electron chi connectivity index (χ1n) is 20.2. The molecule has 23 nitrogen and oxygen atoms in total. The molecule has 0 aromatic carbocycles. The summed E-state index contributed by atoms with van der Waals surface area (Å²) in [7, 11) is -4.69. The van der Waals surface area contributed by atoms with Gasteiger partial charge in [0, 0.05) is 30.5 Å². The van der Waals surface area contributed by atoms with Gasteiger partial charge in [-0.05, 0) is 73.6 Å². The number of aromatic nitrogens is 2. The molecule has 1 aromatic rings. The lowest BCUT2D eigenvalue weighted by atomic mass is 9.99. The van der Waals surface area contributed by atoms with Crippen LogP contribution >= 0.6 is 10.8 Å². The number of rotatable bonds is 30. The van der Waals surface area contributed by atoms with Crippen LogP contribution in [0.3, 0.4) is 0 Å². The number of nitrogens with one attached hydrogen (secondary N) is 7. The summed E-state index contributed by atoms with van der Waals surface area (Å²) < 4.78 is 32.4. The Hall–Kier alpha value is -4.85. The maximum Gasteiger partial charge on any atom is 0.326 e. The number of aliphatic carboxylic acids is 2. The van der Waals surface area contributed by atoms with Crippen molar-refractivity contribution in [3.8, 4) is 0 Å². The van der Waals surface area contributed by atoms with E-state index in [4.69, 9.17) is 11.5 Å². The first-order valence-corrected chi connectivity index (χ1v) is 23.1. The maximum atomic E-state index is 14.0. The van der Waals surface area contributed by atoms with Crippen molar-refractivity contribution < 1.29 is 61.5 Å². The van der Waals surface area contributed by atoms with E-state index in [1.54, 1.807) is 27.7 Å². The third-order valence-corrected chi connectivity index (χ3v) is 11.2. The van der Waals surface area contributed by atoms with Gasteiger partial charge in [-0.25, -0.2) is 9.78 Å². The zero-order valence-electron chi connectivity index (χ0n) is 35.8. The van der Waals surface area contributed by atoms with Crippen LogP contribution in [0.2, 0.25) is 0 Å². The summed E-state index contributed by atoms with van der Waals surface area (Å²) in [5.74, 6) is -9.63. The van der Waals surface area contributed by atoms with Gasteiger partial charge in [0.1, 0.15) is 36.3 Å². The van der Waals surface area contributed by atoms with Crippen LogP contribution in [0, 0.1) is 17.8 Å².